The third kappa shape index (κ3) is 2.77. The molecule has 1 aromatic rings. The fraction of sp³-hybridized carbons (Fsp3) is 0.562. The van der Waals surface area contributed by atoms with Crippen LogP contribution in [0.3, 0.4) is 0 Å². The van der Waals surface area contributed by atoms with E-state index in [1.165, 1.54) is 0 Å². The van der Waals surface area contributed by atoms with Gasteiger partial charge in [-0.2, -0.15) is 0 Å². The molecule has 1 heterocycles. The molecule has 0 radical (unpaired) electrons. The quantitative estimate of drug-likeness (QED) is 0.861. The van der Waals surface area contributed by atoms with Crippen molar-refractivity contribution in [3.63, 3.8) is 0 Å². The second-order valence-electron chi connectivity index (χ2n) is 6.48. The van der Waals surface area contributed by atoms with Crippen LogP contribution in [0.2, 0.25) is 0 Å². The van der Waals surface area contributed by atoms with Crippen molar-refractivity contribution in [2.24, 2.45) is 5.92 Å². The third-order valence-corrected chi connectivity index (χ3v) is 6.00. The minimum Gasteiger partial charge on any atom is -0.362 e. The lowest BCUT2D eigenvalue weighted by atomic mass is 9.99. The second-order valence-corrected chi connectivity index (χ2v) is 8.55. The van der Waals surface area contributed by atoms with Gasteiger partial charge in [0, 0.05) is 0 Å². The van der Waals surface area contributed by atoms with Crippen molar-refractivity contribution in [2.75, 3.05) is 0 Å². The van der Waals surface area contributed by atoms with Crippen molar-refractivity contribution in [3.8, 4) is 0 Å². The zero-order valence-corrected chi connectivity index (χ0v) is 13.9. The van der Waals surface area contributed by atoms with Crippen LogP contribution in [-0.4, -0.2) is 31.2 Å². The van der Waals surface area contributed by atoms with Gasteiger partial charge in [0.25, 0.3) is 0 Å². The molecular formula is C16H22O4S. The summed E-state index contributed by atoms with van der Waals surface area (Å²) in [6.45, 7) is 8.90. The number of benzene rings is 1. The van der Waals surface area contributed by atoms with Gasteiger partial charge in [0.2, 0.25) is 0 Å². The molecule has 0 spiro atoms. The Morgan fingerprint density at radius 2 is 1.67 bits per heavy atom. The van der Waals surface area contributed by atoms with E-state index in [0.717, 1.165) is 5.56 Å². The molecule has 0 aliphatic carbocycles. The van der Waals surface area contributed by atoms with Crippen molar-refractivity contribution < 1.29 is 17.9 Å². The van der Waals surface area contributed by atoms with Gasteiger partial charge in [-0.05, 0) is 38.8 Å². The maximum Gasteiger partial charge on any atom is 0.191 e. The van der Waals surface area contributed by atoms with E-state index in [1.54, 1.807) is 38.1 Å². The zero-order chi connectivity index (χ0) is 16.0. The molecule has 116 valence electrons. The summed E-state index contributed by atoms with van der Waals surface area (Å²) >= 11 is 0. The van der Waals surface area contributed by atoms with E-state index >= 15 is 0 Å². The van der Waals surface area contributed by atoms with E-state index in [4.69, 9.17) is 4.74 Å². The molecule has 1 saturated heterocycles. The van der Waals surface area contributed by atoms with Gasteiger partial charge in [0.05, 0.1) is 11.0 Å². The molecule has 1 aliphatic rings. The molecule has 1 aromatic carbocycles. The molecule has 0 N–H and O–H groups in total. The molecule has 21 heavy (non-hydrogen) atoms. The number of carbonyl (C=O) groups excluding carboxylic acids is 1. The monoisotopic (exact) mass is 310 g/mol. The number of carbonyl (C=O) groups is 1. The van der Waals surface area contributed by atoms with Crippen molar-refractivity contribution in [1.29, 1.82) is 0 Å². The Labute approximate surface area is 126 Å². The molecule has 5 heteroatoms. The van der Waals surface area contributed by atoms with Gasteiger partial charge >= 0.3 is 0 Å². The summed E-state index contributed by atoms with van der Waals surface area (Å²) in [6, 6.07) is 6.59. The molecule has 1 fully saturated rings. The molecule has 2 atom stereocenters. The normalized spacial score (nSPS) is 25.5. The number of aryl methyl sites for hydroxylation is 1. The minimum absolute atomic E-state index is 0.0547. The Balaban J connectivity index is 2.51. The largest absolute Gasteiger partial charge is 0.362 e. The van der Waals surface area contributed by atoms with Crippen LogP contribution in [-0.2, 0) is 19.4 Å². The number of ketones is 1. The van der Waals surface area contributed by atoms with Gasteiger partial charge in [0.15, 0.2) is 20.9 Å². The molecule has 0 amide bonds. The molecule has 0 saturated carbocycles. The van der Waals surface area contributed by atoms with E-state index in [-0.39, 0.29) is 16.6 Å². The number of hydrogen-bond donors (Lipinski definition) is 0. The van der Waals surface area contributed by atoms with Gasteiger partial charge in [0.1, 0.15) is 5.60 Å². The summed E-state index contributed by atoms with van der Waals surface area (Å²) in [6.07, 6.45) is -0.612. The van der Waals surface area contributed by atoms with Crippen molar-refractivity contribution in [2.45, 2.75) is 56.5 Å². The number of rotatable bonds is 3. The fourth-order valence-corrected chi connectivity index (χ4v) is 4.73. The van der Waals surface area contributed by atoms with Crippen molar-refractivity contribution >= 4 is 15.6 Å². The van der Waals surface area contributed by atoms with E-state index < -0.39 is 26.8 Å². The van der Waals surface area contributed by atoms with E-state index in [9.17, 15) is 13.2 Å². The van der Waals surface area contributed by atoms with Crippen LogP contribution in [0.5, 0.6) is 0 Å². The lowest BCUT2D eigenvalue weighted by molar-refractivity contribution is -0.130. The summed E-state index contributed by atoms with van der Waals surface area (Å²) in [5, 5.41) is -1.13. The highest BCUT2D eigenvalue weighted by atomic mass is 32.2. The maximum atomic E-state index is 12.9. The molecule has 1 aliphatic heterocycles. The number of Topliss-reactive ketones (excluding diaryl/α,β-unsaturated/α-hetero) is 1. The van der Waals surface area contributed by atoms with Crippen molar-refractivity contribution in [1.82, 2.24) is 0 Å². The van der Waals surface area contributed by atoms with E-state index in [2.05, 4.69) is 0 Å². The highest BCUT2D eigenvalue weighted by Gasteiger charge is 2.55. The van der Waals surface area contributed by atoms with Crippen molar-refractivity contribution in [3.05, 3.63) is 29.8 Å². The molecule has 4 nitrogen and oxygen atoms in total. The van der Waals surface area contributed by atoms with Crippen LogP contribution < -0.4 is 0 Å². The Morgan fingerprint density at radius 1 is 1.14 bits per heavy atom. The van der Waals surface area contributed by atoms with Gasteiger partial charge in [-0.15, -0.1) is 0 Å². The Hall–Kier alpha value is -1.20. The summed E-state index contributed by atoms with van der Waals surface area (Å²) in [7, 11) is -3.74. The fourth-order valence-electron chi connectivity index (χ4n) is 2.63. The Morgan fingerprint density at radius 3 is 2.14 bits per heavy atom. The smallest absolute Gasteiger partial charge is 0.191 e. The first-order valence-corrected chi connectivity index (χ1v) is 8.64. The summed E-state index contributed by atoms with van der Waals surface area (Å²) in [5.41, 5.74) is -0.0825. The molecule has 0 unspecified atom stereocenters. The summed E-state index contributed by atoms with van der Waals surface area (Å²) in [4.78, 5) is 12.7. The predicted octanol–water partition coefficient (Wildman–Crippen LogP) is 2.54. The minimum atomic E-state index is -3.74. The van der Waals surface area contributed by atoms with Gasteiger partial charge < -0.3 is 4.74 Å². The first kappa shape index (κ1) is 16.2. The van der Waals surface area contributed by atoms with Gasteiger partial charge in [-0.25, -0.2) is 8.42 Å². The Kier molecular flexibility index (Phi) is 4.02. The van der Waals surface area contributed by atoms with Crippen LogP contribution in [0, 0.1) is 12.8 Å². The van der Waals surface area contributed by atoms with Crippen LogP contribution in [0.4, 0.5) is 0 Å². The third-order valence-electron chi connectivity index (χ3n) is 3.92. The van der Waals surface area contributed by atoms with E-state index in [0.29, 0.717) is 0 Å². The predicted molar refractivity (Wildman–Crippen MR) is 80.9 cm³/mol. The summed E-state index contributed by atoms with van der Waals surface area (Å²) < 4.78 is 31.5. The standard InChI is InChI=1S/C16H22O4S/c1-10(2)13-14(15(17)16(4,5)20-13)21(18,19)12-8-6-11(3)7-9-12/h6-10,13-14H,1-5H3/t13-,14-/m0/s1. The molecule has 2 rings (SSSR count). The first-order valence-electron chi connectivity index (χ1n) is 7.10. The maximum absolute atomic E-state index is 12.9. The average molecular weight is 310 g/mol. The Bertz CT molecular complexity index is 641. The lowest BCUT2D eigenvalue weighted by Crippen LogP contribution is -2.40. The number of ether oxygens (including phenoxy) is 1. The second kappa shape index (κ2) is 5.21. The number of hydrogen-bond acceptors (Lipinski definition) is 4. The molecular weight excluding hydrogens is 288 g/mol. The highest BCUT2D eigenvalue weighted by molar-refractivity contribution is 7.93. The van der Waals surface area contributed by atoms with Crippen LogP contribution >= 0.6 is 0 Å². The summed E-state index contributed by atoms with van der Waals surface area (Å²) in [5.74, 6) is -0.414. The van der Waals surface area contributed by atoms with Gasteiger partial charge in [-0.3, -0.25) is 4.79 Å². The zero-order valence-electron chi connectivity index (χ0n) is 13.1. The van der Waals surface area contributed by atoms with Crippen LogP contribution in [0.25, 0.3) is 0 Å². The molecule has 0 aromatic heterocycles. The highest BCUT2D eigenvalue weighted by Crippen LogP contribution is 2.37. The lowest BCUT2D eigenvalue weighted by Gasteiger charge is -2.21. The topological polar surface area (TPSA) is 60.4 Å². The van der Waals surface area contributed by atoms with Crippen LogP contribution in [0.1, 0.15) is 33.3 Å². The molecule has 0 bridgehead atoms. The van der Waals surface area contributed by atoms with Gasteiger partial charge in [-0.1, -0.05) is 31.5 Å². The SMILES string of the molecule is Cc1ccc(S(=O)(=O)[C@@H]2C(=O)C(C)(C)O[C@H]2C(C)C)cc1. The first-order chi connectivity index (χ1) is 9.57. The van der Waals surface area contributed by atoms with E-state index in [1.807, 2.05) is 20.8 Å². The number of sulfone groups is 1. The van der Waals surface area contributed by atoms with Crippen LogP contribution in [0.15, 0.2) is 29.2 Å². The average Bonchev–Trinajstić information content (AvgIpc) is 2.62.